The van der Waals surface area contributed by atoms with E-state index < -0.39 is 0 Å². The minimum absolute atomic E-state index is 0.174. The van der Waals surface area contributed by atoms with Crippen LogP contribution in [-0.2, 0) is 17.8 Å². The van der Waals surface area contributed by atoms with Crippen molar-refractivity contribution < 1.29 is 4.79 Å². The van der Waals surface area contributed by atoms with E-state index in [1.165, 1.54) is 17.3 Å². The molecule has 6 nitrogen and oxygen atoms in total. The van der Waals surface area contributed by atoms with E-state index >= 15 is 0 Å². The number of amides is 1. The molecule has 7 heteroatoms. The first-order chi connectivity index (χ1) is 14.7. The minimum Gasteiger partial charge on any atom is -0.342 e. The van der Waals surface area contributed by atoms with Crippen molar-refractivity contribution in [2.75, 3.05) is 13.1 Å². The van der Waals surface area contributed by atoms with Crippen molar-refractivity contribution in [1.82, 2.24) is 25.1 Å². The van der Waals surface area contributed by atoms with Crippen molar-refractivity contribution in [3.8, 4) is 0 Å². The van der Waals surface area contributed by atoms with Crippen LogP contribution in [0, 0.1) is 5.92 Å². The third-order valence-electron chi connectivity index (χ3n) is 5.60. The molecule has 30 heavy (non-hydrogen) atoms. The third kappa shape index (κ3) is 5.27. The second-order valence-electron chi connectivity index (χ2n) is 7.82. The highest BCUT2D eigenvalue weighted by atomic mass is 32.2. The van der Waals surface area contributed by atoms with Crippen LogP contribution in [0.3, 0.4) is 0 Å². The number of carbonyl (C=O) groups excluding carboxylic acids is 1. The summed E-state index contributed by atoms with van der Waals surface area (Å²) in [6.45, 7) is 4.21. The van der Waals surface area contributed by atoms with E-state index in [9.17, 15) is 4.79 Å². The quantitative estimate of drug-likeness (QED) is 0.545. The van der Waals surface area contributed by atoms with Crippen LogP contribution in [0.15, 0.2) is 65.8 Å². The first-order valence-corrected chi connectivity index (χ1v) is 11.4. The molecular weight excluding hydrogens is 394 g/mol. The molecule has 1 saturated heterocycles. The molecule has 0 N–H and O–H groups in total. The SMILES string of the molecule is CC(Sc1nnnn1Cc1ccccc1)C(=O)N1CCC(Cc2ccccc2)CC1. The Bertz CT molecular complexity index is 938. The van der Waals surface area contributed by atoms with Gasteiger partial charge >= 0.3 is 0 Å². The van der Waals surface area contributed by atoms with Gasteiger partial charge in [-0.15, -0.1) is 5.10 Å². The molecule has 2 heterocycles. The first-order valence-electron chi connectivity index (χ1n) is 10.5. The molecule has 3 aromatic rings. The zero-order chi connectivity index (χ0) is 20.8. The van der Waals surface area contributed by atoms with Crippen LogP contribution in [0.4, 0.5) is 0 Å². The number of rotatable bonds is 7. The summed E-state index contributed by atoms with van der Waals surface area (Å²) in [5.74, 6) is 0.824. The molecule has 2 aromatic carbocycles. The molecule has 0 radical (unpaired) electrons. The predicted molar refractivity (Wildman–Crippen MR) is 118 cm³/mol. The van der Waals surface area contributed by atoms with Crippen LogP contribution >= 0.6 is 11.8 Å². The average molecular weight is 422 g/mol. The van der Waals surface area contributed by atoms with E-state index in [1.54, 1.807) is 4.68 Å². The van der Waals surface area contributed by atoms with E-state index in [0.717, 1.165) is 37.9 Å². The van der Waals surface area contributed by atoms with Gasteiger partial charge in [0.2, 0.25) is 11.1 Å². The van der Waals surface area contributed by atoms with E-state index in [2.05, 4.69) is 45.9 Å². The van der Waals surface area contributed by atoms with Gasteiger partial charge < -0.3 is 4.90 Å². The maximum Gasteiger partial charge on any atom is 0.235 e. The molecular formula is C23H27N5OS. The number of hydrogen-bond acceptors (Lipinski definition) is 5. The van der Waals surface area contributed by atoms with Crippen molar-refractivity contribution in [3.63, 3.8) is 0 Å². The Morgan fingerprint density at radius 1 is 1.03 bits per heavy atom. The Labute approximate surface area is 181 Å². The summed E-state index contributed by atoms with van der Waals surface area (Å²) in [6, 6.07) is 20.7. The normalized spacial score (nSPS) is 15.8. The lowest BCUT2D eigenvalue weighted by Gasteiger charge is -2.33. The van der Waals surface area contributed by atoms with Crippen molar-refractivity contribution in [1.29, 1.82) is 0 Å². The van der Waals surface area contributed by atoms with Crippen molar-refractivity contribution in [2.45, 2.75) is 43.1 Å². The maximum atomic E-state index is 13.0. The molecule has 0 saturated carbocycles. The number of nitrogens with zero attached hydrogens (tertiary/aromatic N) is 5. The fourth-order valence-corrected chi connectivity index (χ4v) is 4.78. The smallest absolute Gasteiger partial charge is 0.235 e. The van der Waals surface area contributed by atoms with Crippen molar-refractivity contribution in [2.24, 2.45) is 5.92 Å². The zero-order valence-corrected chi connectivity index (χ0v) is 18.0. The average Bonchev–Trinajstić information content (AvgIpc) is 3.21. The van der Waals surface area contributed by atoms with Gasteiger partial charge in [0.15, 0.2) is 0 Å². The Morgan fingerprint density at radius 2 is 1.67 bits per heavy atom. The molecule has 0 spiro atoms. The van der Waals surface area contributed by atoms with E-state index in [1.807, 2.05) is 42.2 Å². The molecule has 1 aliphatic heterocycles. The van der Waals surface area contributed by atoms with Crippen LogP contribution in [0.5, 0.6) is 0 Å². The van der Waals surface area contributed by atoms with Crippen LogP contribution in [-0.4, -0.2) is 49.4 Å². The first kappa shape index (κ1) is 20.6. The second-order valence-corrected chi connectivity index (χ2v) is 9.13. The Hall–Kier alpha value is -2.67. The fourth-order valence-electron chi connectivity index (χ4n) is 3.91. The number of benzene rings is 2. The fraction of sp³-hybridized carbons (Fsp3) is 0.391. The second kappa shape index (κ2) is 9.89. The Balaban J connectivity index is 1.29. The van der Waals surface area contributed by atoms with E-state index in [4.69, 9.17) is 0 Å². The van der Waals surface area contributed by atoms with Gasteiger partial charge in [0.1, 0.15) is 0 Å². The summed E-state index contributed by atoms with van der Waals surface area (Å²) in [4.78, 5) is 15.0. The monoisotopic (exact) mass is 421 g/mol. The standard InChI is InChI=1S/C23H27N5OS/c1-18(30-23-24-25-26-28(23)17-21-10-6-3-7-11-21)22(29)27-14-12-20(13-15-27)16-19-8-4-2-5-9-19/h2-11,18,20H,12-17H2,1H3. The largest absolute Gasteiger partial charge is 0.342 e. The maximum absolute atomic E-state index is 13.0. The van der Waals surface area contributed by atoms with Gasteiger partial charge in [-0.3, -0.25) is 4.79 Å². The molecule has 1 amide bonds. The summed E-state index contributed by atoms with van der Waals surface area (Å²) in [6.07, 6.45) is 3.22. The summed E-state index contributed by atoms with van der Waals surface area (Å²) >= 11 is 1.44. The number of piperidine rings is 1. The van der Waals surface area contributed by atoms with Gasteiger partial charge in [-0.05, 0) is 53.7 Å². The lowest BCUT2D eigenvalue weighted by atomic mass is 9.90. The van der Waals surface area contributed by atoms with Gasteiger partial charge in [0, 0.05) is 13.1 Å². The van der Waals surface area contributed by atoms with Gasteiger partial charge in [-0.2, -0.15) is 0 Å². The van der Waals surface area contributed by atoms with E-state index in [0.29, 0.717) is 17.6 Å². The molecule has 156 valence electrons. The van der Waals surface area contributed by atoms with Crippen LogP contribution in [0.2, 0.25) is 0 Å². The molecule has 0 bridgehead atoms. The highest BCUT2D eigenvalue weighted by Gasteiger charge is 2.27. The summed E-state index contributed by atoms with van der Waals surface area (Å²) < 4.78 is 1.76. The molecule has 1 atom stereocenters. The number of hydrogen-bond donors (Lipinski definition) is 0. The predicted octanol–water partition coefficient (Wildman–Crippen LogP) is 3.68. The molecule has 4 rings (SSSR count). The van der Waals surface area contributed by atoms with Crippen LogP contribution in [0.25, 0.3) is 0 Å². The third-order valence-corrected chi connectivity index (χ3v) is 6.66. The van der Waals surface area contributed by atoms with Crippen LogP contribution in [0.1, 0.15) is 30.9 Å². The molecule has 1 aliphatic rings. The number of likely N-dealkylation sites (tertiary alicyclic amines) is 1. The highest BCUT2D eigenvalue weighted by molar-refractivity contribution is 8.00. The number of tetrazole rings is 1. The van der Waals surface area contributed by atoms with Crippen molar-refractivity contribution in [3.05, 3.63) is 71.8 Å². The van der Waals surface area contributed by atoms with Crippen molar-refractivity contribution >= 4 is 17.7 Å². The van der Waals surface area contributed by atoms with Gasteiger partial charge in [-0.1, -0.05) is 72.4 Å². The summed E-state index contributed by atoms with van der Waals surface area (Å²) in [5, 5.41) is 12.5. The number of thioether (sulfide) groups is 1. The lowest BCUT2D eigenvalue weighted by molar-refractivity contribution is -0.131. The van der Waals surface area contributed by atoms with Gasteiger partial charge in [0.05, 0.1) is 11.8 Å². The molecule has 0 aliphatic carbocycles. The highest BCUT2D eigenvalue weighted by Crippen LogP contribution is 2.26. The van der Waals surface area contributed by atoms with Gasteiger partial charge in [-0.25, -0.2) is 4.68 Å². The topological polar surface area (TPSA) is 63.9 Å². The summed E-state index contributed by atoms with van der Waals surface area (Å²) in [7, 11) is 0. The Morgan fingerprint density at radius 3 is 2.33 bits per heavy atom. The molecule has 1 fully saturated rings. The minimum atomic E-state index is -0.212. The summed E-state index contributed by atoms with van der Waals surface area (Å²) in [5.41, 5.74) is 2.52. The van der Waals surface area contributed by atoms with E-state index in [-0.39, 0.29) is 11.2 Å². The number of carbonyl (C=O) groups is 1. The zero-order valence-electron chi connectivity index (χ0n) is 17.2. The Kier molecular flexibility index (Phi) is 6.79. The molecule has 1 aromatic heterocycles. The van der Waals surface area contributed by atoms with Gasteiger partial charge in [0.25, 0.3) is 0 Å². The molecule has 1 unspecified atom stereocenters. The lowest BCUT2D eigenvalue weighted by Crippen LogP contribution is -2.42. The van der Waals surface area contributed by atoms with Crippen LogP contribution < -0.4 is 0 Å². The number of aromatic nitrogens is 4.